The molecule has 8 heteroatoms. The molecule has 0 heterocycles. The number of rotatable bonds is 8. The van der Waals surface area contributed by atoms with Crippen LogP contribution in [0.4, 0.5) is 18.9 Å². The van der Waals surface area contributed by atoms with E-state index in [2.05, 4.69) is 15.4 Å². The summed E-state index contributed by atoms with van der Waals surface area (Å²) < 4.78 is 39.8. The number of nitrogens with one attached hydrogen (secondary N) is 2. The zero-order valence-corrected chi connectivity index (χ0v) is 12.1. The molecule has 1 amide bonds. The first-order chi connectivity index (χ1) is 10.3. The van der Waals surface area contributed by atoms with E-state index in [1.807, 2.05) is 6.92 Å². The molecule has 1 unspecified atom stereocenters. The lowest BCUT2D eigenvalue weighted by Crippen LogP contribution is -2.31. The van der Waals surface area contributed by atoms with E-state index in [0.717, 1.165) is 12.1 Å². The fourth-order valence-corrected chi connectivity index (χ4v) is 1.73. The molecule has 1 aromatic rings. The van der Waals surface area contributed by atoms with Crippen LogP contribution >= 0.6 is 0 Å². The SMILES string of the molecule is CC(CC(=O)Nc1ccc(OC(F)(F)F)cc1)NCCCO. The summed E-state index contributed by atoms with van der Waals surface area (Å²) in [5, 5.41) is 14.3. The van der Waals surface area contributed by atoms with Gasteiger partial charge in [-0.2, -0.15) is 0 Å². The number of carbonyl (C=O) groups is 1. The molecule has 0 saturated carbocycles. The van der Waals surface area contributed by atoms with E-state index < -0.39 is 6.36 Å². The van der Waals surface area contributed by atoms with Gasteiger partial charge in [-0.25, -0.2) is 0 Å². The first-order valence-electron chi connectivity index (χ1n) is 6.80. The van der Waals surface area contributed by atoms with E-state index in [1.54, 1.807) is 0 Å². The summed E-state index contributed by atoms with van der Waals surface area (Å²) in [5.41, 5.74) is 0.391. The Labute approximate surface area is 126 Å². The van der Waals surface area contributed by atoms with Crippen LogP contribution in [0.5, 0.6) is 5.75 Å². The van der Waals surface area contributed by atoms with Crippen LogP contribution in [-0.2, 0) is 4.79 Å². The van der Waals surface area contributed by atoms with Crippen LogP contribution in [0.3, 0.4) is 0 Å². The van der Waals surface area contributed by atoms with E-state index in [9.17, 15) is 18.0 Å². The average molecular weight is 320 g/mol. The molecule has 1 atom stereocenters. The van der Waals surface area contributed by atoms with E-state index in [4.69, 9.17) is 5.11 Å². The second-order valence-electron chi connectivity index (χ2n) is 4.76. The number of hydrogen-bond acceptors (Lipinski definition) is 4. The molecule has 0 bridgehead atoms. The molecule has 124 valence electrons. The summed E-state index contributed by atoms with van der Waals surface area (Å²) in [6.07, 6.45) is -3.92. The minimum Gasteiger partial charge on any atom is -0.406 e. The van der Waals surface area contributed by atoms with E-state index in [1.165, 1.54) is 12.1 Å². The van der Waals surface area contributed by atoms with Crippen molar-refractivity contribution in [1.82, 2.24) is 5.32 Å². The van der Waals surface area contributed by atoms with Crippen LogP contribution < -0.4 is 15.4 Å². The number of halogens is 3. The molecule has 0 aromatic heterocycles. The van der Waals surface area contributed by atoms with Gasteiger partial charge in [-0.3, -0.25) is 4.79 Å². The molecule has 0 radical (unpaired) electrons. The first-order valence-corrected chi connectivity index (χ1v) is 6.80. The van der Waals surface area contributed by atoms with Gasteiger partial charge < -0.3 is 20.5 Å². The Kier molecular flexibility index (Phi) is 7.13. The highest BCUT2D eigenvalue weighted by molar-refractivity contribution is 5.91. The van der Waals surface area contributed by atoms with Crippen molar-refractivity contribution in [3.8, 4) is 5.75 Å². The Morgan fingerprint density at radius 1 is 1.32 bits per heavy atom. The van der Waals surface area contributed by atoms with Crippen LogP contribution in [0.25, 0.3) is 0 Å². The number of hydrogen-bond donors (Lipinski definition) is 3. The normalized spacial score (nSPS) is 12.8. The zero-order valence-electron chi connectivity index (χ0n) is 12.1. The third-order valence-electron chi connectivity index (χ3n) is 2.69. The van der Waals surface area contributed by atoms with Gasteiger partial charge in [0.25, 0.3) is 0 Å². The Balaban J connectivity index is 2.41. The van der Waals surface area contributed by atoms with Crippen molar-refractivity contribution in [2.45, 2.75) is 32.2 Å². The highest BCUT2D eigenvalue weighted by Crippen LogP contribution is 2.23. The molecule has 3 N–H and O–H groups in total. The second-order valence-corrected chi connectivity index (χ2v) is 4.76. The number of aliphatic hydroxyl groups is 1. The largest absolute Gasteiger partial charge is 0.573 e. The fraction of sp³-hybridized carbons (Fsp3) is 0.500. The maximum Gasteiger partial charge on any atom is 0.573 e. The lowest BCUT2D eigenvalue weighted by Gasteiger charge is -2.13. The maximum absolute atomic E-state index is 12.0. The van der Waals surface area contributed by atoms with E-state index >= 15 is 0 Å². The number of aliphatic hydroxyl groups excluding tert-OH is 1. The highest BCUT2D eigenvalue weighted by atomic mass is 19.4. The lowest BCUT2D eigenvalue weighted by atomic mass is 10.2. The number of ether oxygens (including phenoxy) is 1. The van der Waals surface area contributed by atoms with Crippen molar-refractivity contribution < 1.29 is 27.8 Å². The van der Waals surface area contributed by atoms with Crippen molar-refractivity contribution >= 4 is 11.6 Å². The standard InChI is InChI=1S/C14H19F3N2O3/c1-10(18-7-2-8-20)9-13(21)19-11-3-5-12(6-4-11)22-14(15,16)17/h3-6,10,18,20H,2,7-9H2,1H3,(H,19,21). The van der Waals surface area contributed by atoms with Crippen LogP contribution in [0.1, 0.15) is 19.8 Å². The number of amides is 1. The molecule has 0 fully saturated rings. The van der Waals surface area contributed by atoms with Gasteiger partial charge >= 0.3 is 6.36 Å². The third-order valence-corrected chi connectivity index (χ3v) is 2.69. The summed E-state index contributed by atoms with van der Waals surface area (Å²) in [5.74, 6) is -0.599. The monoisotopic (exact) mass is 320 g/mol. The predicted molar refractivity (Wildman–Crippen MR) is 75.5 cm³/mol. The van der Waals surface area contributed by atoms with Gasteiger partial charge in [0.05, 0.1) is 0 Å². The molecular weight excluding hydrogens is 301 g/mol. The zero-order chi connectivity index (χ0) is 16.6. The third kappa shape index (κ3) is 7.84. The molecular formula is C14H19F3N2O3. The number of anilines is 1. The smallest absolute Gasteiger partial charge is 0.406 e. The van der Waals surface area contributed by atoms with Gasteiger partial charge in [0.2, 0.25) is 5.91 Å². The Bertz CT molecular complexity index is 463. The molecule has 22 heavy (non-hydrogen) atoms. The number of benzene rings is 1. The number of alkyl halides is 3. The van der Waals surface area contributed by atoms with Gasteiger partial charge in [-0.05, 0) is 44.2 Å². The highest BCUT2D eigenvalue weighted by Gasteiger charge is 2.30. The maximum atomic E-state index is 12.0. The molecule has 0 spiro atoms. The summed E-state index contributed by atoms with van der Waals surface area (Å²) in [6.45, 7) is 2.52. The Morgan fingerprint density at radius 3 is 2.50 bits per heavy atom. The summed E-state index contributed by atoms with van der Waals surface area (Å²) in [4.78, 5) is 11.8. The summed E-state index contributed by atoms with van der Waals surface area (Å²) in [7, 11) is 0. The van der Waals surface area contributed by atoms with Crippen LogP contribution in [0.2, 0.25) is 0 Å². The fourth-order valence-electron chi connectivity index (χ4n) is 1.73. The van der Waals surface area contributed by atoms with Crippen LogP contribution in [0.15, 0.2) is 24.3 Å². The molecule has 0 aliphatic heterocycles. The summed E-state index contributed by atoms with van der Waals surface area (Å²) in [6, 6.07) is 4.86. The second kappa shape index (κ2) is 8.60. The molecule has 1 aromatic carbocycles. The molecule has 5 nitrogen and oxygen atoms in total. The molecule has 0 aliphatic carbocycles. The van der Waals surface area contributed by atoms with Crippen molar-refractivity contribution in [3.63, 3.8) is 0 Å². The number of carbonyl (C=O) groups excluding carboxylic acids is 1. The topological polar surface area (TPSA) is 70.6 Å². The lowest BCUT2D eigenvalue weighted by molar-refractivity contribution is -0.274. The van der Waals surface area contributed by atoms with Crippen molar-refractivity contribution in [2.75, 3.05) is 18.5 Å². The Morgan fingerprint density at radius 2 is 1.95 bits per heavy atom. The van der Waals surface area contributed by atoms with E-state index in [0.29, 0.717) is 18.7 Å². The van der Waals surface area contributed by atoms with Gasteiger partial charge in [0.1, 0.15) is 5.75 Å². The van der Waals surface area contributed by atoms with Crippen molar-refractivity contribution in [1.29, 1.82) is 0 Å². The average Bonchev–Trinajstić information content (AvgIpc) is 2.39. The Hall–Kier alpha value is -1.80. The van der Waals surface area contributed by atoms with Gasteiger partial charge in [-0.15, -0.1) is 13.2 Å². The molecule has 0 saturated heterocycles. The molecule has 1 rings (SSSR count). The minimum atomic E-state index is -4.74. The van der Waals surface area contributed by atoms with Gasteiger partial charge in [0, 0.05) is 24.8 Å². The minimum absolute atomic E-state index is 0.0700. The van der Waals surface area contributed by atoms with Crippen molar-refractivity contribution in [2.24, 2.45) is 0 Å². The van der Waals surface area contributed by atoms with E-state index in [-0.39, 0.29) is 30.7 Å². The quantitative estimate of drug-likeness (QED) is 0.643. The van der Waals surface area contributed by atoms with Gasteiger partial charge in [-0.1, -0.05) is 0 Å². The van der Waals surface area contributed by atoms with Crippen LogP contribution in [0, 0.1) is 0 Å². The van der Waals surface area contributed by atoms with Gasteiger partial charge in [0.15, 0.2) is 0 Å². The van der Waals surface area contributed by atoms with Crippen molar-refractivity contribution in [3.05, 3.63) is 24.3 Å². The first kappa shape index (κ1) is 18.2. The predicted octanol–water partition coefficient (Wildman–Crippen LogP) is 2.27. The van der Waals surface area contributed by atoms with Crippen LogP contribution in [-0.4, -0.2) is 36.6 Å². The molecule has 0 aliphatic rings. The summed E-state index contributed by atoms with van der Waals surface area (Å²) >= 11 is 0.